The molecule has 172 valence electrons. The van der Waals surface area contributed by atoms with E-state index in [0.29, 0.717) is 35.0 Å². The number of amides is 1. The predicted molar refractivity (Wildman–Crippen MR) is 133 cm³/mol. The zero-order valence-corrected chi connectivity index (χ0v) is 19.6. The fourth-order valence-electron chi connectivity index (χ4n) is 4.05. The number of carbonyl (C=O) groups excluding carboxylic acids is 2. The van der Waals surface area contributed by atoms with Gasteiger partial charge in [0.05, 0.1) is 30.0 Å². The maximum atomic E-state index is 13.6. The van der Waals surface area contributed by atoms with Crippen LogP contribution in [0.5, 0.6) is 5.75 Å². The molecule has 6 nitrogen and oxygen atoms in total. The summed E-state index contributed by atoms with van der Waals surface area (Å²) in [6.45, 7) is 1.14. The van der Waals surface area contributed by atoms with Gasteiger partial charge >= 0.3 is 0 Å². The Balaban J connectivity index is 1.44. The summed E-state index contributed by atoms with van der Waals surface area (Å²) in [5.74, 6) is 0.509. The topological polar surface area (TPSA) is 68.7 Å². The normalized spacial score (nSPS) is 15.4. The zero-order valence-electron chi connectivity index (χ0n) is 18.8. The largest absolute Gasteiger partial charge is 0.497 e. The van der Waals surface area contributed by atoms with Gasteiger partial charge in [0.1, 0.15) is 5.75 Å². The number of rotatable bonds is 7. The van der Waals surface area contributed by atoms with Gasteiger partial charge in [-0.25, -0.2) is 4.98 Å². The summed E-state index contributed by atoms with van der Waals surface area (Å²) in [6, 6.07) is 21.6. The molecule has 1 atom stereocenters. The van der Waals surface area contributed by atoms with Gasteiger partial charge in [-0.05, 0) is 43.2 Å². The third kappa shape index (κ3) is 4.58. The minimum absolute atomic E-state index is 0.0237. The molecule has 7 heteroatoms. The van der Waals surface area contributed by atoms with Crippen molar-refractivity contribution in [2.24, 2.45) is 0 Å². The number of ketones is 1. The fraction of sp³-hybridized carbons (Fsp3) is 0.222. The minimum atomic E-state index is -0.166. The number of benzene rings is 3. The molecule has 0 bridgehead atoms. The number of fused-ring (bicyclic) bond motifs is 1. The summed E-state index contributed by atoms with van der Waals surface area (Å²) in [4.78, 5) is 32.8. The second-order valence-corrected chi connectivity index (χ2v) is 9.16. The van der Waals surface area contributed by atoms with Gasteiger partial charge in [-0.2, -0.15) is 0 Å². The summed E-state index contributed by atoms with van der Waals surface area (Å²) >= 11 is 1.45. The number of thiazole rings is 1. The molecule has 0 spiro atoms. The number of anilines is 1. The molecule has 0 aliphatic carbocycles. The molecule has 4 aromatic rings. The number of aromatic nitrogens is 1. The van der Waals surface area contributed by atoms with Crippen LogP contribution < -0.4 is 9.64 Å². The lowest BCUT2D eigenvalue weighted by molar-refractivity contribution is 0.0917. The molecule has 0 radical (unpaired) electrons. The van der Waals surface area contributed by atoms with Gasteiger partial charge in [0.2, 0.25) is 0 Å². The number of carbonyl (C=O) groups is 2. The molecule has 1 amide bonds. The standard InChI is InChI=1S/C27H24N2O4S/c1-32-21-13-14-23-24(16-21)34-27(28-23)29(17-22-8-5-15-33-22)26(31)20-11-9-19(10-12-20)25(30)18-6-3-2-4-7-18/h2-4,6-7,9-14,16,22H,5,8,15,17H2,1H3. The van der Waals surface area contributed by atoms with Gasteiger partial charge in [0, 0.05) is 23.3 Å². The van der Waals surface area contributed by atoms with Crippen LogP contribution in [0.4, 0.5) is 5.13 Å². The van der Waals surface area contributed by atoms with Crippen LogP contribution in [0.25, 0.3) is 10.2 Å². The van der Waals surface area contributed by atoms with E-state index in [1.807, 2.05) is 36.4 Å². The van der Waals surface area contributed by atoms with Crippen molar-refractivity contribution in [2.75, 3.05) is 25.2 Å². The van der Waals surface area contributed by atoms with E-state index in [1.54, 1.807) is 48.4 Å². The maximum Gasteiger partial charge on any atom is 0.260 e. The van der Waals surface area contributed by atoms with E-state index >= 15 is 0 Å². The van der Waals surface area contributed by atoms with Gasteiger partial charge in [-0.15, -0.1) is 0 Å². The number of ether oxygens (including phenoxy) is 2. The van der Waals surface area contributed by atoms with Crippen LogP contribution in [0.1, 0.15) is 39.1 Å². The fourth-order valence-corrected chi connectivity index (χ4v) is 5.05. The summed E-state index contributed by atoms with van der Waals surface area (Å²) in [6.07, 6.45) is 1.87. The lowest BCUT2D eigenvalue weighted by Crippen LogP contribution is -2.37. The van der Waals surface area contributed by atoms with Crippen LogP contribution in [0.15, 0.2) is 72.8 Å². The molecule has 1 aromatic heterocycles. The summed E-state index contributed by atoms with van der Waals surface area (Å²) < 4.78 is 12.1. The molecule has 1 aliphatic rings. The smallest absolute Gasteiger partial charge is 0.260 e. The van der Waals surface area contributed by atoms with Crippen molar-refractivity contribution in [1.29, 1.82) is 0 Å². The number of nitrogens with zero attached hydrogens (tertiary/aromatic N) is 2. The summed E-state index contributed by atoms with van der Waals surface area (Å²) in [7, 11) is 1.63. The number of hydrogen-bond donors (Lipinski definition) is 0. The first kappa shape index (κ1) is 22.3. The summed E-state index contributed by atoms with van der Waals surface area (Å²) in [5, 5.41) is 0.619. The molecule has 34 heavy (non-hydrogen) atoms. The first-order valence-corrected chi connectivity index (χ1v) is 12.0. The van der Waals surface area contributed by atoms with Crippen LogP contribution >= 0.6 is 11.3 Å². The van der Waals surface area contributed by atoms with E-state index in [1.165, 1.54) is 11.3 Å². The highest BCUT2D eigenvalue weighted by Gasteiger charge is 2.27. The molecule has 2 heterocycles. The third-order valence-electron chi connectivity index (χ3n) is 5.90. The highest BCUT2D eigenvalue weighted by Crippen LogP contribution is 2.33. The Bertz CT molecular complexity index is 1310. The molecular formula is C27H24N2O4S. The quantitative estimate of drug-likeness (QED) is 0.339. The van der Waals surface area contributed by atoms with Crippen molar-refractivity contribution in [3.05, 3.63) is 89.5 Å². The SMILES string of the molecule is COc1ccc2nc(N(CC3CCCO3)C(=O)c3ccc(C(=O)c4ccccc4)cc3)sc2c1. The van der Waals surface area contributed by atoms with Crippen LogP contribution in [-0.4, -0.2) is 43.0 Å². The van der Waals surface area contributed by atoms with Crippen LogP contribution in [-0.2, 0) is 4.74 Å². The minimum Gasteiger partial charge on any atom is -0.497 e. The Labute approximate surface area is 201 Å². The first-order chi connectivity index (χ1) is 16.6. The van der Waals surface area contributed by atoms with Crippen LogP contribution in [0, 0.1) is 0 Å². The van der Waals surface area contributed by atoms with Crippen molar-refractivity contribution in [3.63, 3.8) is 0 Å². The monoisotopic (exact) mass is 472 g/mol. The Morgan fingerprint density at radius 3 is 2.47 bits per heavy atom. The van der Waals surface area contributed by atoms with Gasteiger partial charge in [0.25, 0.3) is 5.91 Å². The van der Waals surface area contributed by atoms with Crippen LogP contribution in [0.2, 0.25) is 0 Å². The van der Waals surface area contributed by atoms with Gasteiger partial charge in [-0.3, -0.25) is 14.5 Å². The van der Waals surface area contributed by atoms with Crippen molar-refractivity contribution in [2.45, 2.75) is 18.9 Å². The molecule has 1 unspecified atom stereocenters. The van der Waals surface area contributed by atoms with E-state index in [0.717, 1.165) is 28.8 Å². The Hall–Kier alpha value is -3.55. The van der Waals surface area contributed by atoms with E-state index in [2.05, 4.69) is 0 Å². The summed E-state index contributed by atoms with van der Waals surface area (Å²) in [5.41, 5.74) is 2.47. The lowest BCUT2D eigenvalue weighted by atomic mass is 10.0. The lowest BCUT2D eigenvalue weighted by Gasteiger charge is -2.23. The van der Waals surface area contributed by atoms with Crippen molar-refractivity contribution in [1.82, 2.24) is 4.98 Å². The van der Waals surface area contributed by atoms with Crippen molar-refractivity contribution >= 4 is 38.4 Å². The molecular weight excluding hydrogens is 448 g/mol. The highest BCUT2D eigenvalue weighted by molar-refractivity contribution is 7.22. The maximum absolute atomic E-state index is 13.6. The zero-order chi connectivity index (χ0) is 23.5. The Morgan fingerprint density at radius 1 is 1.03 bits per heavy atom. The van der Waals surface area contributed by atoms with Gasteiger partial charge in [-0.1, -0.05) is 53.8 Å². The number of methoxy groups -OCH3 is 1. The Morgan fingerprint density at radius 2 is 1.76 bits per heavy atom. The molecule has 3 aromatic carbocycles. The second-order valence-electron chi connectivity index (χ2n) is 8.15. The van der Waals surface area contributed by atoms with Crippen LogP contribution in [0.3, 0.4) is 0 Å². The van der Waals surface area contributed by atoms with E-state index in [4.69, 9.17) is 14.5 Å². The molecule has 1 fully saturated rings. The van der Waals surface area contributed by atoms with Crippen molar-refractivity contribution < 1.29 is 19.1 Å². The number of hydrogen-bond acceptors (Lipinski definition) is 6. The van der Waals surface area contributed by atoms with Gasteiger partial charge < -0.3 is 9.47 Å². The van der Waals surface area contributed by atoms with E-state index in [-0.39, 0.29) is 17.8 Å². The molecule has 0 saturated carbocycles. The average Bonchev–Trinajstić information content (AvgIpc) is 3.56. The average molecular weight is 473 g/mol. The predicted octanol–water partition coefficient (Wildman–Crippen LogP) is 5.36. The first-order valence-electron chi connectivity index (χ1n) is 11.2. The van der Waals surface area contributed by atoms with Crippen molar-refractivity contribution in [3.8, 4) is 5.75 Å². The molecule has 1 aliphatic heterocycles. The Kier molecular flexibility index (Phi) is 6.38. The molecule has 1 saturated heterocycles. The van der Waals surface area contributed by atoms with E-state index in [9.17, 15) is 9.59 Å². The highest BCUT2D eigenvalue weighted by atomic mass is 32.1. The van der Waals surface area contributed by atoms with Gasteiger partial charge in [0.15, 0.2) is 10.9 Å². The molecule has 0 N–H and O–H groups in total. The molecule has 5 rings (SSSR count). The van der Waals surface area contributed by atoms with E-state index < -0.39 is 0 Å². The third-order valence-corrected chi connectivity index (χ3v) is 6.94. The second kappa shape index (κ2) is 9.75.